The number of rotatable bonds is 5. The van der Waals surface area contributed by atoms with Crippen LogP contribution in [0.25, 0.3) is 55.3 Å². The van der Waals surface area contributed by atoms with E-state index in [1.54, 1.807) is 0 Å². The van der Waals surface area contributed by atoms with Gasteiger partial charge in [-0.15, -0.1) is 0 Å². The van der Waals surface area contributed by atoms with Crippen molar-refractivity contribution in [2.75, 3.05) is 4.90 Å². The molecular weight excluding hydrogens is 583 g/mol. The molecule has 0 radical (unpaired) electrons. The van der Waals surface area contributed by atoms with Gasteiger partial charge in [0.15, 0.2) is 0 Å². The number of benzene rings is 8. The Kier molecular flexibility index (Phi) is 6.84. The molecule has 48 heavy (non-hydrogen) atoms. The van der Waals surface area contributed by atoms with Crippen LogP contribution in [0.2, 0.25) is 0 Å². The Labute approximate surface area is 280 Å². The Morgan fingerprint density at radius 2 is 0.958 bits per heavy atom. The van der Waals surface area contributed by atoms with E-state index in [0.717, 1.165) is 61.6 Å². The van der Waals surface area contributed by atoms with Crippen LogP contribution in [0.15, 0.2) is 188 Å². The van der Waals surface area contributed by atoms with Crippen LogP contribution in [0, 0.1) is 0 Å². The normalized spacial score (nSPS) is 11.5. The Bertz CT molecular complexity index is 2410. The molecule has 0 spiro atoms. The third kappa shape index (κ3) is 4.83. The van der Waals surface area contributed by atoms with Gasteiger partial charge in [0, 0.05) is 33.5 Å². The van der Waals surface area contributed by atoms with Crippen molar-refractivity contribution in [3.8, 4) is 56.0 Å². The molecule has 0 saturated heterocycles. The average Bonchev–Trinajstić information content (AvgIpc) is 3.31. The SMILES string of the molecule is c1ccc(-c2ccc(N(c3ccc4c(c3)-c3ccccc3Oc3c-4ccc4ccccc34)c3ccccc3-c3ccccc3)cc2)cc1. The lowest BCUT2D eigenvalue weighted by molar-refractivity contribution is 0.493. The molecule has 0 fully saturated rings. The van der Waals surface area contributed by atoms with E-state index in [4.69, 9.17) is 4.74 Å². The quantitative estimate of drug-likeness (QED) is 0.191. The molecule has 2 nitrogen and oxygen atoms in total. The fourth-order valence-electron chi connectivity index (χ4n) is 6.97. The van der Waals surface area contributed by atoms with Crippen LogP contribution in [-0.4, -0.2) is 0 Å². The van der Waals surface area contributed by atoms with Gasteiger partial charge in [-0.25, -0.2) is 0 Å². The number of anilines is 3. The molecule has 226 valence electrons. The molecule has 8 aromatic carbocycles. The second-order valence-electron chi connectivity index (χ2n) is 12.1. The van der Waals surface area contributed by atoms with Crippen LogP contribution >= 0.6 is 0 Å². The van der Waals surface area contributed by atoms with E-state index < -0.39 is 0 Å². The summed E-state index contributed by atoms with van der Waals surface area (Å²) in [4.78, 5) is 2.38. The largest absolute Gasteiger partial charge is 0.455 e. The topological polar surface area (TPSA) is 12.5 Å². The van der Waals surface area contributed by atoms with Gasteiger partial charge < -0.3 is 9.64 Å². The molecule has 0 aliphatic carbocycles. The summed E-state index contributed by atoms with van der Waals surface area (Å²) >= 11 is 0. The highest BCUT2D eigenvalue weighted by molar-refractivity contribution is 6.01. The second kappa shape index (κ2) is 11.8. The van der Waals surface area contributed by atoms with Crippen molar-refractivity contribution in [2.24, 2.45) is 0 Å². The number of nitrogens with zero attached hydrogens (tertiary/aromatic N) is 1. The zero-order chi connectivity index (χ0) is 31.9. The predicted octanol–water partition coefficient (Wildman–Crippen LogP) is 13.1. The van der Waals surface area contributed by atoms with Crippen LogP contribution < -0.4 is 9.64 Å². The maximum Gasteiger partial charge on any atom is 0.143 e. The molecule has 0 N–H and O–H groups in total. The smallest absolute Gasteiger partial charge is 0.143 e. The third-order valence-electron chi connectivity index (χ3n) is 9.28. The van der Waals surface area contributed by atoms with Crippen molar-refractivity contribution in [2.45, 2.75) is 0 Å². The standard InChI is InChI=1S/C46H31NO/c1-3-13-32(14-4-1)33-23-26-36(27-24-33)47(44-21-11-9-18-38(44)34-15-5-2-6-16-34)37-28-30-40-42-29-25-35-17-7-8-19-39(35)46(42)48-45-22-12-10-20-41(45)43(40)31-37/h1-31H. The first-order chi connectivity index (χ1) is 23.8. The lowest BCUT2D eigenvalue weighted by Crippen LogP contribution is -2.11. The van der Waals surface area contributed by atoms with E-state index in [2.05, 4.69) is 193 Å². The Balaban J connectivity index is 1.27. The number of hydrogen-bond acceptors (Lipinski definition) is 2. The van der Waals surface area contributed by atoms with Gasteiger partial charge in [-0.05, 0) is 75.7 Å². The first-order valence-electron chi connectivity index (χ1n) is 16.4. The van der Waals surface area contributed by atoms with E-state index in [1.165, 1.54) is 22.3 Å². The molecule has 8 aromatic rings. The summed E-state index contributed by atoms with van der Waals surface area (Å²) < 4.78 is 6.79. The van der Waals surface area contributed by atoms with Crippen molar-refractivity contribution in [3.63, 3.8) is 0 Å². The minimum atomic E-state index is 0.856. The number of ether oxygens (including phenoxy) is 1. The van der Waals surface area contributed by atoms with Crippen LogP contribution in [0.1, 0.15) is 0 Å². The molecule has 0 saturated carbocycles. The summed E-state index contributed by atoms with van der Waals surface area (Å²) in [7, 11) is 0. The van der Waals surface area contributed by atoms with Crippen molar-refractivity contribution < 1.29 is 4.74 Å². The molecule has 1 heterocycles. The van der Waals surface area contributed by atoms with Crippen LogP contribution in [-0.2, 0) is 0 Å². The van der Waals surface area contributed by atoms with Crippen molar-refractivity contribution in [1.29, 1.82) is 0 Å². The monoisotopic (exact) mass is 613 g/mol. The summed E-state index contributed by atoms with van der Waals surface area (Å²) in [6, 6.07) is 66.8. The van der Waals surface area contributed by atoms with E-state index in [1.807, 2.05) is 0 Å². The zero-order valence-electron chi connectivity index (χ0n) is 26.3. The van der Waals surface area contributed by atoms with Gasteiger partial charge in [0.25, 0.3) is 0 Å². The zero-order valence-corrected chi connectivity index (χ0v) is 26.3. The van der Waals surface area contributed by atoms with Crippen molar-refractivity contribution in [1.82, 2.24) is 0 Å². The van der Waals surface area contributed by atoms with Crippen LogP contribution in [0.4, 0.5) is 17.1 Å². The van der Waals surface area contributed by atoms with E-state index in [-0.39, 0.29) is 0 Å². The lowest BCUT2D eigenvalue weighted by atomic mass is 9.92. The fourth-order valence-corrected chi connectivity index (χ4v) is 6.97. The minimum Gasteiger partial charge on any atom is -0.455 e. The van der Waals surface area contributed by atoms with Gasteiger partial charge >= 0.3 is 0 Å². The van der Waals surface area contributed by atoms with Gasteiger partial charge in [0.2, 0.25) is 0 Å². The summed E-state index contributed by atoms with van der Waals surface area (Å²) in [5.74, 6) is 1.75. The number of hydrogen-bond donors (Lipinski definition) is 0. The Hall–Kier alpha value is -6.38. The highest BCUT2D eigenvalue weighted by Crippen LogP contribution is 2.51. The number of fused-ring (bicyclic) bond motifs is 7. The highest BCUT2D eigenvalue weighted by Gasteiger charge is 2.25. The van der Waals surface area contributed by atoms with Gasteiger partial charge in [0.1, 0.15) is 11.5 Å². The lowest BCUT2D eigenvalue weighted by Gasteiger charge is -2.29. The van der Waals surface area contributed by atoms with E-state index in [9.17, 15) is 0 Å². The molecule has 2 heteroatoms. The first-order valence-corrected chi connectivity index (χ1v) is 16.4. The van der Waals surface area contributed by atoms with Crippen LogP contribution in [0.3, 0.4) is 0 Å². The summed E-state index contributed by atoms with van der Waals surface area (Å²) in [6.45, 7) is 0. The summed E-state index contributed by atoms with van der Waals surface area (Å²) in [5, 5.41) is 2.27. The first kappa shape index (κ1) is 27.9. The Morgan fingerprint density at radius 3 is 1.77 bits per heavy atom. The van der Waals surface area contributed by atoms with E-state index in [0.29, 0.717) is 0 Å². The molecule has 0 bridgehead atoms. The average molecular weight is 614 g/mol. The molecule has 0 atom stereocenters. The Morgan fingerprint density at radius 1 is 0.354 bits per heavy atom. The van der Waals surface area contributed by atoms with Crippen LogP contribution in [0.5, 0.6) is 11.5 Å². The van der Waals surface area contributed by atoms with Crippen molar-refractivity contribution >= 4 is 27.8 Å². The van der Waals surface area contributed by atoms with Gasteiger partial charge in [-0.2, -0.15) is 0 Å². The van der Waals surface area contributed by atoms with Gasteiger partial charge in [0.05, 0.1) is 5.69 Å². The second-order valence-corrected chi connectivity index (χ2v) is 12.1. The summed E-state index contributed by atoms with van der Waals surface area (Å²) in [6.07, 6.45) is 0. The maximum absolute atomic E-state index is 6.79. The molecule has 0 unspecified atom stereocenters. The third-order valence-corrected chi connectivity index (χ3v) is 9.28. The maximum atomic E-state index is 6.79. The summed E-state index contributed by atoms with van der Waals surface area (Å²) in [5.41, 5.74) is 12.5. The molecule has 1 aliphatic rings. The van der Waals surface area contributed by atoms with E-state index >= 15 is 0 Å². The number of para-hydroxylation sites is 2. The molecule has 0 aromatic heterocycles. The molecule has 0 amide bonds. The van der Waals surface area contributed by atoms with Crippen molar-refractivity contribution in [3.05, 3.63) is 188 Å². The van der Waals surface area contributed by atoms with Gasteiger partial charge in [-0.1, -0.05) is 146 Å². The molecule has 9 rings (SSSR count). The molecule has 1 aliphatic heterocycles. The molecular formula is C46H31NO. The fraction of sp³-hybridized carbons (Fsp3) is 0. The predicted molar refractivity (Wildman–Crippen MR) is 200 cm³/mol. The highest BCUT2D eigenvalue weighted by atomic mass is 16.5. The van der Waals surface area contributed by atoms with Gasteiger partial charge in [-0.3, -0.25) is 0 Å². The minimum absolute atomic E-state index is 0.856.